The summed E-state index contributed by atoms with van der Waals surface area (Å²) in [6.07, 6.45) is 1.49. The molecule has 0 saturated carbocycles. The number of halogens is 1. The van der Waals surface area contributed by atoms with Gasteiger partial charge in [0.1, 0.15) is 5.57 Å². The predicted octanol–water partition coefficient (Wildman–Crippen LogP) is 6.47. The number of barbiturate groups is 1. The highest BCUT2D eigenvalue weighted by molar-refractivity contribution is 7.99. The van der Waals surface area contributed by atoms with E-state index < -0.39 is 22.8 Å². The second-order valence-corrected chi connectivity index (χ2v) is 10.5. The second-order valence-electron chi connectivity index (χ2n) is 8.95. The van der Waals surface area contributed by atoms with Gasteiger partial charge in [0.05, 0.1) is 10.6 Å². The van der Waals surface area contributed by atoms with Gasteiger partial charge in [-0.15, -0.1) is 0 Å². The molecule has 4 aromatic rings. The zero-order valence-corrected chi connectivity index (χ0v) is 22.8. The summed E-state index contributed by atoms with van der Waals surface area (Å²) in [6, 6.07) is 21.4. The van der Waals surface area contributed by atoms with Gasteiger partial charge in [-0.25, -0.2) is 9.69 Å². The van der Waals surface area contributed by atoms with E-state index in [-0.39, 0.29) is 16.9 Å². The fourth-order valence-electron chi connectivity index (χ4n) is 4.43. The molecule has 3 aromatic carbocycles. The molecular weight excluding hydrogens is 552 g/mol. The maximum Gasteiger partial charge on any atom is 0.335 e. The molecule has 1 N–H and O–H groups in total. The summed E-state index contributed by atoms with van der Waals surface area (Å²) in [7, 11) is 0. The van der Waals surface area contributed by atoms with Gasteiger partial charge in [-0.05, 0) is 86.2 Å². The highest BCUT2D eigenvalue weighted by Crippen LogP contribution is 2.31. The third-order valence-electron chi connectivity index (χ3n) is 6.32. The molecule has 5 rings (SSSR count). The van der Waals surface area contributed by atoms with E-state index in [0.29, 0.717) is 10.6 Å². The number of hydrogen-bond acceptors (Lipinski definition) is 6. The lowest BCUT2D eigenvalue weighted by molar-refractivity contribution is -0.384. The Morgan fingerprint density at radius 3 is 2.17 bits per heavy atom. The van der Waals surface area contributed by atoms with E-state index in [1.165, 1.54) is 36.0 Å². The minimum atomic E-state index is -0.841. The number of carbonyl (C=O) groups excluding carboxylic acids is 3. The van der Waals surface area contributed by atoms with Crippen LogP contribution in [0.15, 0.2) is 94.2 Å². The van der Waals surface area contributed by atoms with Crippen LogP contribution in [0.2, 0.25) is 5.02 Å². The number of carbonyl (C=O) groups is 3. The molecule has 1 aliphatic heterocycles. The molecule has 0 bridgehead atoms. The number of rotatable bonds is 6. The number of amides is 4. The molecule has 0 unspecified atom stereocenters. The summed E-state index contributed by atoms with van der Waals surface area (Å²) in [6.45, 7) is 3.79. The molecule has 1 aromatic heterocycles. The maximum atomic E-state index is 13.3. The molecule has 0 atom stereocenters. The topological polar surface area (TPSA) is 115 Å². The number of nitro groups is 1. The molecule has 1 saturated heterocycles. The summed E-state index contributed by atoms with van der Waals surface area (Å²) in [5, 5.41) is 13.5. The molecule has 0 spiro atoms. The van der Waals surface area contributed by atoms with Crippen LogP contribution in [0.5, 0.6) is 0 Å². The molecule has 1 aliphatic rings. The zero-order chi connectivity index (χ0) is 28.6. The van der Waals surface area contributed by atoms with Crippen molar-refractivity contribution in [2.75, 3.05) is 4.90 Å². The highest BCUT2D eigenvalue weighted by atomic mass is 35.5. The Balaban J connectivity index is 1.41. The highest BCUT2D eigenvalue weighted by Gasteiger charge is 2.37. The van der Waals surface area contributed by atoms with Crippen LogP contribution in [-0.4, -0.2) is 27.3 Å². The molecule has 11 heteroatoms. The number of benzene rings is 3. The van der Waals surface area contributed by atoms with E-state index in [4.69, 9.17) is 11.6 Å². The molecule has 0 radical (unpaired) electrons. The number of aryl methyl sites for hydroxylation is 1. The second kappa shape index (κ2) is 10.8. The number of imide groups is 2. The van der Waals surface area contributed by atoms with Crippen LogP contribution in [0.25, 0.3) is 11.8 Å². The number of urea groups is 1. The van der Waals surface area contributed by atoms with Gasteiger partial charge in [-0.3, -0.25) is 25.0 Å². The summed E-state index contributed by atoms with van der Waals surface area (Å²) >= 11 is 7.53. The molecule has 2 heterocycles. The van der Waals surface area contributed by atoms with E-state index in [2.05, 4.69) is 5.32 Å². The van der Waals surface area contributed by atoms with Crippen molar-refractivity contribution in [3.8, 4) is 5.69 Å². The van der Waals surface area contributed by atoms with E-state index in [0.717, 1.165) is 31.8 Å². The lowest BCUT2D eigenvalue weighted by Crippen LogP contribution is -2.54. The first-order chi connectivity index (χ1) is 19.1. The molecule has 200 valence electrons. The summed E-state index contributed by atoms with van der Waals surface area (Å²) in [5.41, 5.74) is 3.34. The van der Waals surface area contributed by atoms with Gasteiger partial charge in [0.25, 0.3) is 17.5 Å². The van der Waals surface area contributed by atoms with Crippen molar-refractivity contribution in [3.05, 3.63) is 117 Å². The average molecular weight is 573 g/mol. The Bertz CT molecular complexity index is 1710. The fraction of sp³-hybridized carbons (Fsp3) is 0.0690. The Morgan fingerprint density at radius 2 is 1.55 bits per heavy atom. The molecule has 9 nitrogen and oxygen atoms in total. The number of hydrogen-bond donors (Lipinski definition) is 1. The van der Waals surface area contributed by atoms with E-state index in [1.54, 1.807) is 30.3 Å². The first-order valence-corrected chi connectivity index (χ1v) is 13.2. The molecular formula is C29H21ClN4O5S. The molecule has 40 heavy (non-hydrogen) atoms. The molecule has 0 aliphatic carbocycles. The monoisotopic (exact) mass is 572 g/mol. The summed E-state index contributed by atoms with van der Waals surface area (Å²) < 4.78 is 2.00. The van der Waals surface area contributed by atoms with Gasteiger partial charge in [0, 0.05) is 44.0 Å². The summed E-state index contributed by atoms with van der Waals surface area (Å²) in [5.74, 6) is -1.51. The number of nitrogens with zero attached hydrogens (tertiary/aromatic N) is 3. The van der Waals surface area contributed by atoms with Gasteiger partial charge in [0.2, 0.25) is 0 Å². The van der Waals surface area contributed by atoms with E-state index in [1.807, 2.05) is 48.7 Å². The normalized spacial score (nSPS) is 14.5. The first kappa shape index (κ1) is 26.9. The lowest BCUT2D eigenvalue weighted by atomic mass is 10.1. The molecule has 1 fully saturated rings. The predicted molar refractivity (Wildman–Crippen MR) is 153 cm³/mol. The van der Waals surface area contributed by atoms with Gasteiger partial charge < -0.3 is 4.57 Å². The van der Waals surface area contributed by atoms with Crippen LogP contribution in [0.1, 0.15) is 17.0 Å². The van der Waals surface area contributed by atoms with Crippen molar-refractivity contribution in [3.63, 3.8) is 0 Å². The average Bonchev–Trinajstić information content (AvgIpc) is 3.19. The number of anilines is 1. The van der Waals surface area contributed by atoms with Gasteiger partial charge in [0.15, 0.2) is 0 Å². The van der Waals surface area contributed by atoms with Crippen molar-refractivity contribution in [2.24, 2.45) is 0 Å². The Hall–Kier alpha value is -4.67. The SMILES string of the molecule is Cc1cc(/C=C2/C(=O)NC(=O)N(c3cccc(Cl)c3)C2=O)c(C)n1-c1ccc(Sc2ccc([N+](=O)[O-])cc2)cc1. The van der Waals surface area contributed by atoms with Crippen LogP contribution in [0.4, 0.5) is 16.2 Å². The third kappa shape index (κ3) is 5.27. The largest absolute Gasteiger partial charge is 0.335 e. The number of non-ortho nitro benzene ring substituents is 1. The number of nitrogens with one attached hydrogen (secondary N) is 1. The Labute approximate surface area is 238 Å². The van der Waals surface area contributed by atoms with Crippen molar-refractivity contribution in [2.45, 2.75) is 23.6 Å². The smallest absolute Gasteiger partial charge is 0.318 e. The number of nitro benzene ring substituents is 1. The van der Waals surface area contributed by atoms with Crippen LogP contribution in [-0.2, 0) is 9.59 Å². The van der Waals surface area contributed by atoms with Crippen LogP contribution < -0.4 is 10.2 Å². The molecule has 4 amide bonds. The van der Waals surface area contributed by atoms with Crippen molar-refractivity contribution < 1.29 is 19.3 Å². The van der Waals surface area contributed by atoms with Crippen LogP contribution in [0.3, 0.4) is 0 Å². The van der Waals surface area contributed by atoms with E-state index >= 15 is 0 Å². The Morgan fingerprint density at radius 1 is 0.900 bits per heavy atom. The minimum absolute atomic E-state index is 0.0419. The maximum absolute atomic E-state index is 13.3. The quantitative estimate of drug-likeness (QED) is 0.122. The fourth-order valence-corrected chi connectivity index (χ4v) is 5.43. The van der Waals surface area contributed by atoms with E-state index in [9.17, 15) is 24.5 Å². The van der Waals surface area contributed by atoms with Crippen molar-refractivity contribution in [1.29, 1.82) is 0 Å². The summed E-state index contributed by atoms with van der Waals surface area (Å²) in [4.78, 5) is 51.6. The number of aromatic nitrogens is 1. The zero-order valence-electron chi connectivity index (χ0n) is 21.3. The van der Waals surface area contributed by atoms with Gasteiger partial charge in [-0.2, -0.15) is 0 Å². The lowest BCUT2D eigenvalue weighted by Gasteiger charge is -2.26. The Kier molecular flexibility index (Phi) is 7.29. The van der Waals surface area contributed by atoms with Gasteiger partial charge in [-0.1, -0.05) is 29.4 Å². The third-order valence-corrected chi connectivity index (χ3v) is 7.57. The minimum Gasteiger partial charge on any atom is -0.318 e. The van der Waals surface area contributed by atoms with Crippen molar-refractivity contribution in [1.82, 2.24) is 9.88 Å². The standard InChI is InChI=1S/C29H21ClN4O5S/c1-17-14-19(15-26-27(35)31-29(37)33(28(26)36)23-5-3-4-20(30)16-23)18(2)32(17)21-6-10-24(11-7-21)40-25-12-8-22(9-13-25)34(38)39/h3-16H,1-2H3,(H,31,35,37)/b26-15-. The van der Waals surface area contributed by atoms with Crippen molar-refractivity contribution >= 4 is 58.7 Å². The van der Waals surface area contributed by atoms with Crippen LogP contribution >= 0.6 is 23.4 Å². The van der Waals surface area contributed by atoms with Crippen LogP contribution in [0, 0.1) is 24.0 Å². The van der Waals surface area contributed by atoms with Gasteiger partial charge >= 0.3 is 6.03 Å². The first-order valence-electron chi connectivity index (χ1n) is 12.0.